The Hall–Kier alpha value is -0.680. The van der Waals surface area contributed by atoms with Crippen molar-refractivity contribution in [2.24, 2.45) is 0 Å². The quantitative estimate of drug-likeness (QED) is 0.509. The minimum atomic E-state index is -0.308. The molecule has 56 valence electrons. The summed E-state index contributed by atoms with van der Waals surface area (Å²) in [5.74, 6) is -0.119. The Kier molecular flexibility index (Phi) is 2.18. The molecule has 10 heavy (non-hydrogen) atoms. The zero-order valence-corrected chi connectivity index (χ0v) is 6.33. The van der Waals surface area contributed by atoms with Crippen molar-refractivity contribution in [2.75, 3.05) is 13.7 Å². The number of ether oxygens (including phenoxy) is 1. The lowest BCUT2D eigenvalue weighted by molar-refractivity contribution is -0.121. The zero-order valence-electron chi connectivity index (χ0n) is 5.51. The molecular formula is C5H8N2O2S. The second kappa shape index (κ2) is 2.94. The molecule has 1 aliphatic rings. The molecule has 0 aliphatic carbocycles. The number of hydrogen-bond donors (Lipinski definition) is 2. The first-order chi connectivity index (χ1) is 4.74. The monoisotopic (exact) mass is 160 g/mol. The topological polar surface area (TPSA) is 50.4 Å². The van der Waals surface area contributed by atoms with E-state index in [1.165, 1.54) is 7.11 Å². The number of thiocarbonyl (C=S) groups is 1. The fourth-order valence-electron chi connectivity index (χ4n) is 0.743. The Labute approximate surface area is 63.9 Å². The molecule has 0 aromatic heterocycles. The van der Waals surface area contributed by atoms with Crippen LogP contribution >= 0.6 is 12.2 Å². The van der Waals surface area contributed by atoms with Crippen molar-refractivity contribution in [1.29, 1.82) is 0 Å². The molecule has 1 rings (SSSR count). The van der Waals surface area contributed by atoms with Crippen LogP contribution in [0.5, 0.6) is 0 Å². The minimum Gasteiger partial charge on any atom is -0.382 e. The van der Waals surface area contributed by atoms with Crippen LogP contribution in [0.2, 0.25) is 0 Å². The van der Waals surface area contributed by atoms with Crippen molar-refractivity contribution in [1.82, 2.24) is 10.6 Å². The van der Waals surface area contributed by atoms with Crippen LogP contribution in [0.25, 0.3) is 0 Å². The highest BCUT2D eigenvalue weighted by molar-refractivity contribution is 7.80. The summed E-state index contributed by atoms with van der Waals surface area (Å²) in [5, 5.41) is 5.58. The van der Waals surface area contributed by atoms with E-state index in [4.69, 9.17) is 4.74 Å². The second-order valence-electron chi connectivity index (χ2n) is 1.97. The van der Waals surface area contributed by atoms with Crippen molar-refractivity contribution in [3.63, 3.8) is 0 Å². The number of nitrogens with one attached hydrogen (secondary N) is 2. The van der Waals surface area contributed by atoms with Crippen molar-refractivity contribution in [3.05, 3.63) is 0 Å². The number of hydrogen-bond acceptors (Lipinski definition) is 3. The standard InChI is InChI=1S/C5H8N2O2S/c1-9-2-3-4(8)7-5(10)6-3/h3H,2H2,1H3,(H2,6,7,8,10). The highest BCUT2D eigenvalue weighted by Crippen LogP contribution is 1.92. The summed E-state index contributed by atoms with van der Waals surface area (Å²) in [4.78, 5) is 10.8. The Morgan fingerprint density at radius 2 is 2.50 bits per heavy atom. The first kappa shape index (κ1) is 7.43. The number of methoxy groups -OCH3 is 1. The maximum atomic E-state index is 10.8. The maximum absolute atomic E-state index is 10.8. The lowest BCUT2D eigenvalue weighted by atomic mass is 10.3. The fourth-order valence-corrected chi connectivity index (χ4v) is 0.986. The van der Waals surface area contributed by atoms with Gasteiger partial charge in [-0.15, -0.1) is 0 Å². The van der Waals surface area contributed by atoms with E-state index < -0.39 is 0 Å². The third kappa shape index (κ3) is 1.43. The Balaban J connectivity index is 2.46. The zero-order chi connectivity index (χ0) is 7.56. The van der Waals surface area contributed by atoms with Gasteiger partial charge in [0.25, 0.3) is 5.91 Å². The number of rotatable bonds is 2. The average molecular weight is 160 g/mol. The van der Waals surface area contributed by atoms with Crippen LogP contribution in [0.15, 0.2) is 0 Å². The molecule has 0 spiro atoms. The molecule has 0 radical (unpaired) electrons. The van der Waals surface area contributed by atoms with Gasteiger partial charge in [-0.05, 0) is 12.2 Å². The van der Waals surface area contributed by atoms with Crippen molar-refractivity contribution in [2.45, 2.75) is 6.04 Å². The highest BCUT2D eigenvalue weighted by Gasteiger charge is 2.26. The van der Waals surface area contributed by atoms with Gasteiger partial charge in [-0.3, -0.25) is 4.79 Å². The molecule has 1 unspecified atom stereocenters. The van der Waals surface area contributed by atoms with Crippen LogP contribution in [-0.4, -0.2) is 30.8 Å². The van der Waals surface area contributed by atoms with Gasteiger partial charge in [0.1, 0.15) is 6.04 Å². The minimum absolute atomic E-state index is 0.119. The molecule has 4 nitrogen and oxygen atoms in total. The van der Waals surface area contributed by atoms with Crippen LogP contribution in [0.3, 0.4) is 0 Å². The lowest BCUT2D eigenvalue weighted by Crippen LogP contribution is -2.33. The van der Waals surface area contributed by atoms with Crippen molar-refractivity contribution < 1.29 is 9.53 Å². The average Bonchev–Trinajstić information content (AvgIpc) is 2.13. The van der Waals surface area contributed by atoms with Gasteiger partial charge < -0.3 is 15.4 Å². The molecule has 5 heteroatoms. The van der Waals surface area contributed by atoms with Crippen LogP contribution in [0, 0.1) is 0 Å². The van der Waals surface area contributed by atoms with Gasteiger partial charge in [0.15, 0.2) is 5.11 Å². The molecule has 0 saturated carbocycles. The summed E-state index contributed by atoms with van der Waals surface area (Å²) in [5.41, 5.74) is 0. The molecule has 0 aromatic rings. The third-order valence-electron chi connectivity index (χ3n) is 1.19. The molecule has 1 aliphatic heterocycles. The fraction of sp³-hybridized carbons (Fsp3) is 0.600. The third-order valence-corrected chi connectivity index (χ3v) is 1.41. The molecule has 1 heterocycles. The second-order valence-corrected chi connectivity index (χ2v) is 2.38. The van der Waals surface area contributed by atoms with Crippen LogP contribution < -0.4 is 10.6 Å². The van der Waals surface area contributed by atoms with E-state index in [-0.39, 0.29) is 11.9 Å². The molecule has 1 atom stereocenters. The molecule has 1 amide bonds. The van der Waals surface area contributed by atoms with Crippen molar-refractivity contribution >= 4 is 23.2 Å². The van der Waals surface area contributed by atoms with Gasteiger partial charge in [-0.1, -0.05) is 0 Å². The molecule has 0 bridgehead atoms. The summed E-state index contributed by atoms with van der Waals surface area (Å²) < 4.78 is 4.76. The van der Waals surface area contributed by atoms with Gasteiger partial charge in [0.2, 0.25) is 0 Å². The van der Waals surface area contributed by atoms with Gasteiger partial charge in [0.05, 0.1) is 6.61 Å². The number of carbonyl (C=O) groups excluding carboxylic acids is 1. The van der Waals surface area contributed by atoms with E-state index in [1.54, 1.807) is 0 Å². The van der Waals surface area contributed by atoms with Gasteiger partial charge in [-0.2, -0.15) is 0 Å². The molecule has 1 saturated heterocycles. The SMILES string of the molecule is COCC1NC(=S)NC1=O. The lowest BCUT2D eigenvalue weighted by Gasteiger charge is -2.03. The Morgan fingerprint density at radius 3 is 2.90 bits per heavy atom. The predicted molar refractivity (Wildman–Crippen MR) is 39.5 cm³/mol. The van der Waals surface area contributed by atoms with Crippen LogP contribution in [0.1, 0.15) is 0 Å². The summed E-state index contributed by atoms with van der Waals surface area (Å²) >= 11 is 4.69. The summed E-state index contributed by atoms with van der Waals surface area (Å²) in [6.07, 6.45) is 0. The largest absolute Gasteiger partial charge is 0.382 e. The smallest absolute Gasteiger partial charge is 0.251 e. The van der Waals surface area contributed by atoms with E-state index in [0.717, 1.165) is 0 Å². The molecule has 1 fully saturated rings. The Bertz CT molecular complexity index is 171. The summed E-state index contributed by atoms with van der Waals surface area (Å²) in [7, 11) is 1.54. The van der Waals surface area contributed by atoms with Gasteiger partial charge >= 0.3 is 0 Å². The van der Waals surface area contributed by atoms with E-state index >= 15 is 0 Å². The van der Waals surface area contributed by atoms with E-state index in [0.29, 0.717) is 11.7 Å². The summed E-state index contributed by atoms with van der Waals surface area (Å²) in [6.45, 7) is 0.353. The highest BCUT2D eigenvalue weighted by atomic mass is 32.1. The van der Waals surface area contributed by atoms with Gasteiger partial charge in [-0.25, -0.2) is 0 Å². The molecule has 0 aromatic carbocycles. The normalized spacial score (nSPS) is 24.3. The predicted octanol–water partition coefficient (Wildman–Crippen LogP) is -0.994. The molecule has 2 N–H and O–H groups in total. The van der Waals surface area contributed by atoms with Gasteiger partial charge in [0, 0.05) is 7.11 Å². The van der Waals surface area contributed by atoms with E-state index in [2.05, 4.69) is 22.9 Å². The summed E-state index contributed by atoms with van der Waals surface area (Å²) in [6, 6.07) is -0.308. The first-order valence-electron chi connectivity index (χ1n) is 2.84. The van der Waals surface area contributed by atoms with E-state index in [1.807, 2.05) is 0 Å². The van der Waals surface area contributed by atoms with E-state index in [9.17, 15) is 4.79 Å². The Morgan fingerprint density at radius 1 is 1.80 bits per heavy atom. The molecular weight excluding hydrogens is 152 g/mol. The number of amides is 1. The van der Waals surface area contributed by atoms with Crippen molar-refractivity contribution in [3.8, 4) is 0 Å². The number of carbonyl (C=O) groups is 1. The van der Waals surface area contributed by atoms with Crippen LogP contribution in [-0.2, 0) is 9.53 Å². The van der Waals surface area contributed by atoms with Crippen LogP contribution in [0.4, 0.5) is 0 Å². The first-order valence-corrected chi connectivity index (χ1v) is 3.25. The maximum Gasteiger partial charge on any atom is 0.251 e.